The number of aromatic amines is 1. The van der Waals surface area contributed by atoms with Gasteiger partial charge in [-0.2, -0.15) is 5.10 Å². The van der Waals surface area contributed by atoms with E-state index in [0.717, 1.165) is 12.1 Å². The minimum atomic E-state index is -0.320. The molecule has 1 aromatic heterocycles. The van der Waals surface area contributed by atoms with E-state index >= 15 is 0 Å². The number of H-pyrrole nitrogens is 1. The van der Waals surface area contributed by atoms with E-state index in [1.54, 1.807) is 17.2 Å². The molecule has 0 radical (unpaired) electrons. The van der Waals surface area contributed by atoms with Crippen molar-refractivity contribution in [3.8, 4) is 0 Å². The number of nitrogens with zero attached hydrogens (tertiary/aromatic N) is 2. The summed E-state index contributed by atoms with van der Waals surface area (Å²) in [4.78, 5) is 25.7. The molecule has 2 heterocycles. The van der Waals surface area contributed by atoms with Crippen LogP contribution in [0.4, 0.5) is 0 Å². The van der Waals surface area contributed by atoms with E-state index in [9.17, 15) is 9.59 Å². The van der Waals surface area contributed by atoms with E-state index < -0.39 is 0 Å². The highest BCUT2D eigenvalue weighted by Gasteiger charge is 2.32. The standard InChI is InChI=1S/C12H18N4O2/c1-2-3-10-12(18)13-6-7-16(10)11(17)8-9-4-5-14-15-9/h4-5,10H,2-3,6-8H2,1H3,(H,13,18)(H,14,15). The smallest absolute Gasteiger partial charge is 0.242 e. The SMILES string of the molecule is CCCC1C(=O)NCCN1C(=O)Cc1ccn[nH]1. The lowest BCUT2D eigenvalue weighted by molar-refractivity contribution is -0.143. The maximum absolute atomic E-state index is 12.2. The first-order chi connectivity index (χ1) is 8.72. The highest BCUT2D eigenvalue weighted by Crippen LogP contribution is 2.12. The molecule has 18 heavy (non-hydrogen) atoms. The van der Waals surface area contributed by atoms with Crippen molar-refractivity contribution in [3.05, 3.63) is 18.0 Å². The van der Waals surface area contributed by atoms with E-state index in [2.05, 4.69) is 15.5 Å². The van der Waals surface area contributed by atoms with Crippen LogP contribution in [0.5, 0.6) is 0 Å². The number of hydrogen-bond donors (Lipinski definition) is 2. The van der Waals surface area contributed by atoms with Crippen LogP contribution < -0.4 is 5.32 Å². The summed E-state index contributed by atoms with van der Waals surface area (Å²) in [6.07, 6.45) is 3.48. The van der Waals surface area contributed by atoms with Crippen LogP contribution in [0.3, 0.4) is 0 Å². The molecule has 0 saturated carbocycles. The van der Waals surface area contributed by atoms with Crippen LogP contribution >= 0.6 is 0 Å². The van der Waals surface area contributed by atoms with Gasteiger partial charge in [0.1, 0.15) is 6.04 Å². The van der Waals surface area contributed by atoms with Gasteiger partial charge in [0.15, 0.2) is 0 Å². The number of hydrogen-bond acceptors (Lipinski definition) is 3. The van der Waals surface area contributed by atoms with E-state index in [1.165, 1.54) is 0 Å². The Balaban J connectivity index is 2.04. The number of nitrogens with one attached hydrogen (secondary N) is 2. The van der Waals surface area contributed by atoms with Crippen molar-refractivity contribution in [2.75, 3.05) is 13.1 Å². The van der Waals surface area contributed by atoms with Gasteiger partial charge in [0.2, 0.25) is 11.8 Å². The van der Waals surface area contributed by atoms with Gasteiger partial charge in [0.25, 0.3) is 0 Å². The molecule has 6 heteroatoms. The third kappa shape index (κ3) is 2.69. The first-order valence-electron chi connectivity index (χ1n) is 6.27. The number of carbonyl (C=O) groups is 2. The molecule has 0 aliphatic carbocycles. The fourth-order valence-corrected chi connectivity index (χ4v) is 2.22. The molecule has 0 bridgehead atoms. The molecule has 2 amide bonds. The lowest BCUT2D eigenvalue weighted by Gasteiger charge is -2.35. The molecule has 1 atom stereocenters. The Hall–Kier alpha value is -1.85. The zero-order valence-electron chi connectivity index (χ0n) is 10.5. The van der Waals surface area contributed by atoms with Crippen molar-refractivity contribution >= 4 is 11.8 Å². The Bertz CT molecular complexity index is 416. The summed E-state index contributed by atoms with van der Waals surface area (Å²) in [5.74, 6) is -0.0615. The van der Waals surface area contributed by atoms with Gasteiger partial charge in [-0.25, -0.2) is 0 Å². The highest BCUT2D eigenvalue weighted by molar-refractivity contribution is 5.89. The number of amides is 2. The zero-order chi connectivity index (χ0) is 13.0. The lowest BCUT2D eigenvalue weighted by Crippen LogP contribution is -2.57. The second-order valence-corrected chi connectivity index (χ2v) is 4.44. The molecule has 2 rings (SSSR count). The largest absolute Gasteiger partial charge is 0.353 e. The molecule has 0 aromatic carbocycles. The fraction of sp³-hybridized carbons (Fsp3) is 0.583. The van der Waals surface area contributed by atoms with Crippen LogP contribution in [0.15, 0.2) is 12.3 Å². The van der Waals surface area contributed by atoms with Gasteiger partial charge >= 0.3 is 0 Å². The minimum absolute atomic E-state index is 0.0208. The van der Waals surface area contributed by atoms with Crippen LogP contribution in [-0.4, -0.2) is 46.0 Å². The summed E-state index contributed by atoms with van der Waals surface area (Å²) in [5, 5.41) is 9.39. The van der Waals surface area contributed by atoms with E-state index in [0.29, 0.717) is 19.5 Å². The predicted molar refractivity (Wildman–Crippen MR) is 65.7 cm³/mol. The molecule has 6 nitrogen and oxygen atoms in total. The average Bonchev–Trinajstić information content (AvgIpc) is 2.84. The number of piperazine rings is 1. The van der Waals surface area contributed by atoms with Gasteiger partial charge < -0.3 is 10.2 Å². The van der Waals surface area contributed by atoms with Crippen LogP contribution in [0.25, 0.3) is 0 Å². The number of carbonyl (C=O) groups excluding carboxylic acids is 2. The molecule has 2 N–H and O–H groups in total. The minimum Gasteiger partial charge on any atom is -0.353 e. The van der Waals surface area contributed by atoms with Crippen LogP contribution in [0.2, 0.25) is 0 Å². The summed E-state index contributed by atoms with van der Waals surface area (Å²) >= 11 is 0. The summed E-state index contributed by atoms with van der Waals surface area (Å²) < 4.78 is 0. The van der Waals surface area contributed by atoms with Gasteiger partial charge in [-0.1, -0.05) is 13.3 Å². The van der Waals surface area contributed by atoms with Gasteiger partial charge in [-0.05, 0) is 12.5 Å². The maximum Gasteiger partial charge on any atom is 0.242 e. The molecule has 1 unspecified atom stereocenters. The molecule has 1 saturated heterocycles. The van der Waals surface area contributed by atoms with Crippen LogP contribution in [0.1, 0.15) is 25.5 Å². The third-order valence-electron chi connectivity index (χ3n) is 3.11. The van der Waals surface area contributed by atoms with Gasteiger partial charge in [0.05, 0.1) is 6.42 Å². The zero-order valence-corrected chi connectivity index (χ0v) is 10.5. The van der Waals surface area contributed by atoms with Crippen molar-refractivity contribution in [1.82, 2.24) is 20.4 Å². The highest BCUT2D eigenvalue weighted by atomic mass is 16.2. The molecule has 1 fully saturated rings. The third-order valence-corrected chi connectivity index (χ3v) is 3.11. The molecule has 1 aliphatic heterocycles. The summed E-state index contributed by atoms with van der Waals surface area (Å²) in [5.41, 5.74) is 0.779. The molecular weight excluding hydrogens is 232 g/mol. The Kier molecular flexibility index (Phi) is 3.96. The summed E-state index contributed by atoms with van der Waals surface area (Å²) in [6, 6.07) is 1.45. The van der Waals surface area contributed by atoms with E-state index in [-0.39, 0.29) is 24.3 Å². The molecule has 1 aliphatic rings. The normalized spacial score (nSPS) is 19.7. The molecular formula is C12H18N4O2. The van der Waals surface area contributed by atoms with Crippen LogP contribution in [0, 0.1) is 0 Å². The first-order valence-corrected chi connectivity index (χ1v) is 6.27. The van der Waals surface area contributed by atoms with Crippen molar-refractivity contribution in [2.24, 2.45) is 0 Å². The Labute approximate surface area is 106 Å². The number of aromatic nitrogens is 2. The van der Waals surface area contributed by atoms with Crippen molar-refractivity contribution in [2.45, 2.75) is 32.2 Å². The first kappa shape index (κ1) is 12.6. The fourth-order valence-electron chi connectivity index (χ4n) is 2.22. The Morgan fingerprint density at radius 3 is 3.11 bits per heavy atom. The monoisotopic (exact) mass is 250 g/mol. The quantitative estimate of drug-likeness (QED) is 0.794. The topological polar surface area (TPSA) is 78.1 Å². The second kappa shape index (κ2) is 5.66. The molecule has 1 aromatic rings. The maximum atomic E-state index is 12.2. The van der Waals surface area contributed by atoms with Crippen molar-refractivity contribution in [1.29, 1.82) is 0 Å². The Morgan fingerprint density at radius 1 is 1.61 bits per heavy atom. The van der Waals surface area contributed by atoms with Crippen molar-refractivity contribution in [3.63, 3.8) is 0 Å². The predicted octanol–water partition coefficient (Wildman–Crippen LogP) is 0.0793. The van der Waals surface area contributed by atoms with E-state index in [1.807, 2.05) is 6.92 Å². The van der Waals surface area contributed by atoms with E-state index in [4.69, 9.17) is 0 Å². The summed E-state index contributed by atoms with van der Waals surface area (Å²) in [7, 11) is 0. The lowest BCUT2D eigenvalue weighted by atomic mass is 10.1. The summed E-state index contributed by atoms with van der Waals surface area (Å²) in [6.45, 7) is 3.14. The van der Waals surface area contributed by atoms with Gasteiger partial charge in [0, 0.05) is 25.0 Å². The number of rotatable bonds is 4. The van der Waals surface area contributed by atoms with Crippen molar-refractivity contribution < 1.29 is 9.59 Å². The van der Waals surface area contributed by atoms with Gasteiger partial charge in [-0.15, -0.1) is 0 Å². The molecule has 0 spiro atoms. The van der Waals surface area contributed by atoms with Crippen LogP contribution in [-0.2, 0) is 16.0 Å². The average molecular weight is 250 g/mol. The second-order valence-electron chi connectivity index (χ2n) is 4.44. The molecule has 98 valence electrons. The Morgan fingerprint density at radius 2 is 2.44 bits per heavy atom. The van der Waals surface area contributed by atoms with Gasteiger partial charge in [-0.3, -0.25) is 14.7 Å².